The fourth-order valence-corrected chi connectivity index (χ4v) is 0.952. The van der Waals surface area contributed by atoms with Gasteiger partial charge in [-0.25, -0.2) is 0 Å². The predicted octanol–water partition coefficient (Wildman–Crippen LogP) is 2.26. The van der Waals surface area contributed by atoms with Crippen molar-refractivity contribution in [1.82, 2.24) is 5.32 Å². The number of alkyl halides is 1. The molecule has 3 heteroatoms. The van der Waals surface area contributed by atoms with Crippen LogP contribution in [-0.4, -0.2) is 31.2 Å². The maximum absolute atomic E-state index is 6.05. The van der Waals surface area contributed by atoms with Gasteiger partial charge in [0.2, 0.25) is 0 Å². The van der Waals surface area contributed by atoms with Crippen LogP contribution in [0.5, 0.6) is 0 Å². The van der Waals surface area contributed by atoms with E-state index in [-0.39, 0.29) is 5.38 Å². The molecule has 0 aromatic carbocycles. The first-order valence-corrected chi connectivity index (χ1v) is 5.44. The molecule has 1 unspecified atom stereocenters. The smallest absolute Gasteiger partial charge is 0.0594 e. The maximum atomic E-state index is 6.05. The van der Waals surface area contributed by atoms with E-state index in [0.717, 1.165) is 19.7 Å². The molecule has 0 rings (SSSR count). The first-order chi connectivity index (χ1) is 6.04. The molecule has 0 radical (unpaired) electrons. The molecular weight excluding hydrogens is 186 g/mol. The molecule has 0 bridgehead atoms. The maximum Gasteiger partial charge on any atom is 0.0594 e. The standard InChI is InChI=1S/C10H22ClNO/c1-8(2)10(11)7-12-5-6-13-9(3)4/h8-10,12H,5-7H2,1-4H3. The lowest BCUT2D eigenvalue weighted by atomic mass is 10.1. The van der Waals surface area contributed by atoms with Crippen LogP contribution in [0.25, 0.3) is 0 Å². The van der Waals surface area contributed by atoms with Gasteiger partial charge in [-0.15, -0.1) is 11.6 Å². The van der Waals surface area contributed by atoms with Gasteiger partial charge in [-0.2, -0.15) is 0 Å². The van der Waals surface area contributed by atoms with Gasteiger partial charge in [0.25, 0.3) is 0 Å². The third-order valence-electron chi connectivity index (χ3n) is 1.79. The van der Waals surface area contributed by atoms with Gasteiger partial charge in [0.1, 0.15) is 0 Å². The number of ether oxygens (including phenoxy) is 1. The van der Waals surface area contributed by atoms with E-state index in [1.54, 1.807) is 0 Å². The number of rotatable bonds is 7. The van der Waals surface area contributed by atoms with Crippen LogP contribution in [-0.2, 0) is 4.74 Å². The fourth-order valence-electron chi connectivity index (χ4n) is 0.842. The molecule has 0 saturated carbocycles. The Balaban J connectivity index is 3.16. The molecule has 0 amide bonds. The van der Waals surface area contributed by atoms with Crippen LogP contribution < -0.4 is 5.32 Å². The van der Waals surface area contributed by atoms with Crippen LogP contribution in [0.2, 0.25) is 0 Å². The molecule has 0 saturated heterocycles. The predicted molar refractivity (Wildman–Crippen MR) is 58.4 cm³/mol. The highest BCUT2D eigenvalue weighted by Crippen LogP contribution is 2.07. The summed E-state index contributed by atoms with van der Waals surface area (Å²) >= 11 is 6.05. The molecule has 0 aliphatic carbocycles. The average Bonchev–Trinajstić information content (AvgIpc) is 2.02. The number of hydrogen-bond donors (Lipinski definition) is 1. The second-order valence-corrected chi connectivity index (χ2v) is 4.44. The van der Waals surface area contributed by atoms with Gasteiger partial charge in [-0.05, 0) is 19.8 Å². The van der Waals surface area contributed by atoms with E-state index in [1.807, 2.05) is 13.8 Å². The molecule has 0 spiro atoms. The SMILES string of the molecule is CC(C)OCCNCC(Cl)C(C)C. The lowest BCUT2D eigenvalue weighted by Gasteiger charge is -2.14. The highest BCUT2D eigenvalue weighted by Gasteiger charge is 2.07. The quantitative estimate of drug-likeness (QED) is 0.511. The highest BCUT2D eigenvalue weighted by atomic mass is 35.5. The Labute approximate surface area is 87.0 Å². The lowest BCUT2D eigenvalue weighted by Crippen LogP contribution is -2.29. The summed E-state index contributed by atoms with van der Waals surface area (Å²) in [7, 11) is 0. The van der Waals surface area contributed by atoms with Crippen molar-refractivity contribution in [1.29, 1.82) is 0 Å². The Morgan fingerprint density at radius 2 is 1.85 bits per heavy atom. The van der Waals surface area contributed by atoms with E-state index in [0.29, 0.717) is 12.0 Å². The van der Waals surface area contributed by atoms with E-state index >= 15 is 0 Å². The molecule has 80 valence electrons. The molecule has 0 aromatic heterocycles. The molecule has 0 aliphatic rings. The zero-order valence-corrected chi connectivity index (χ0v) is 9.90. The monoisotopic (exact) mass is 207 g/mol. The van der Waals surface area contributed by atoms with Crippen LogP contribution in [0.1, 0.15) is 27.7 Å². The zero-order valence-electron chi connectivity index (χ0n) is 9.14. The van der Waals surface area contributed by atoms with Crippen molar-refractivity contribution < 1.29 is 4.74 Å². The van der Waals surface area contributed by atoms with Crippen LogP contribution in [0, 0.1) is 5.92 Å². The normalized spacial score (nSPS) is 14.1. The van der Waals surface area contributed by atoms with E-state index < -0.39 is 0 Å². The second-order valence-electron chi connectivity index (χ2n) is 3.88. The van der Waals surface area contributed by atoms with Crippen molar-refractivity contribution in [2.75, 3.05) is 19.7 Å². The van der Waals surface area contributed by atoms with Gasteiger partial charge >= 0.3 is 0 Å². The zero-order chi connectivity index (χ0) is 10.3. The molecule has 1 atom stereocenters. The van der Waals surface area contributed by atoms with Crippen LogP contribution in [0.3, 0.4) is 0 Å². The Kier molecular flexibility index (Phi) is 7.72. The van der Waals surface area contributed by atoms with Crippen molar-refractivity contribution >= 4 is 11.6 Å². The largest absolute Gasteiger partial charge is 0.377 e. The van der Waals surface area contributed by atoms with Crippen molar-refractivity contribution in [3.63, 3.8) is 0 Å². The minimum atomic E-state index is 0.221. The molecule has 0 aliphatic heterocycles. The third-order valence-corrected chi connectivity index (χ3v) is 2.45. The fraction of sp³-hybridized carbons (Fsp3) is 1.00. The summed E-state index contributed by atoms with van der Waals surface area (Å²) < 4.78 is 5.38. The molecule has 0 aromatic rings. The lowest BCUT2D eigenvalue weighted by molar-refractivity contribution is 0.0808. The van der Waals surface area contributed by atoms with E-state index in [2.05, 4.69) is 19.2 Å². The van der Waals surface area contributed by atoms with E-state index in [4.69, 9.17) is 16.3 Å². The van der Waals surface area contributed by atoms with Gasteiger partial charge in [-0.1, -0.05) is 13.8 Å². The molecule has 2 nitrogen and oxygen atoms in total. The summed E-state index contributed by atoms with van der Waals surface area (Å²) in [6.07, 6.45) is 0.318. The van der Waals surface area contributed by atoms with Crippen LogP contribution >= 0.6 is 11.6 Å². The van der Waals surface area contributed by atoms with Crippen molar-refractivity contribution in [3.8, 4) is 0 Å². The molecule has 1 N–H and O–H groups in total. The van der Waals surface area contributed by atoms with Crippen LogP contribution in [0.4, 0.5) is 0 Å². The number of nitrogens with one attached hydrogen (secondary N) is 1. The van der Waals surface area contributed by atoms with Crippen LogP contribution in [0.15, 0.2) is 0 Å². The van der Waals surface area contributed by atoms with Gasteiger partial charge in [0, 0.05) is 18.5 Å². The highest BCUT2D eigenvalue weighted by molar-refractivity contribution is 6.20. The Hall–Kier alpha value is 0.210. The third kappa shape index (κ3) is 8.54. The van der Waals surface area contributed by atoms with Gasteiger partial charge in [-0.3, -0.25) is 0 Å². The Morgan fingerprint density at radius 1 is 1.23 bits per heavy atom. The first-order valence-electron chi connectivity index (χ1n) is 5.00. The molecule has 0 fully saturated rings. The summed E-state index contributed by atoms with van der Waals surface area (Å²) in [5.74, 6) is 0.528. The minimum Gasteiger partial charge on any atom is -0.377 e. The molecular formula is C10H22ClNO. The Morgan fingerprint density at radius 3 is 2.31 bits per heavy atom. The molecule has 13 heavy (non-hydrogen) atoms. The number of halogens is 1. The van der Waals surface area contributed by atoms with E-state index in [9.17, 15) is 0 Å². The van der Waals surface area contributed by atoms with Crippen molar-refractivity contribution in [2.45, 2.75) is 39.2 Å². The summed E-state index contributed by atoms with van der Waals surface area (Å²) in [6.45, 7) is 10.8. The minimum absolute atomic E-state index is 0.221. The summed E-state index contributed by atoms with van der Waals surface area (Å²) in [5, 5.41) is 3.49. The summed E-state index contributed by atoms with van der Waals surface area (Å²) in [5.41, 5.74) is 0. The first kappa shape index (κ1) is 13.2. The second kappa shape index (κ2) is 7.60. The van der Waals surface area contributed by atoms with E-state index in [1.165, 1.54) is 0 Å². The topological polar surface area (TPSA) is 21.3 Å². The van der Waals surface area contributed by atoms with Gasteiger partial charge in [0.05, 0.1) is 12.7 Å². The van der Waals surface area contributed by atoms with Crippen molar-refractivity contribution in [3.05, 3.63) is 0 Å². The number of hydrogen-bond acceptors (Lipinski definition) is 2. The molecule has 0 heterocycles. The average molecular weight is 208 g/mol. The van der Waals surface area contributed by atoms with Gasteiger partial charge in [0.15, 0.2) is 0 Å². The van der Waals surface area contributed by atoms with Gasteiger partial charge < -0.3 is 10.1 Å². The van der Waals surface area contributed by atoms with Crippen molar-refractivity contribution in [2.24, 2.45) is 5.92 Å². The Bertz CT molecular complexity index is 117. The summed E-state index contributed by atoms with van der Waals surface area (Å²) in [6, 6.07) is 0. The summed E-state index contributed by atoms with van der Waals surface area (Å²) in [4.78, 5) is 0.